The van der Waals surface area contributed by atoms with E-state index in [-0.39, 0.29) is 18.1 Å². The third-order valence-electron chi connectivity index (χ3n) is 2.50. The Bertz CT molecular complexity index is 472. The third kappa shape index (κ3) is 3.01. The zero-order valence-corrected chi connectivity index (χ0v) is 10.8. The second kappa shape index (κ2) is 5.86. The smallest absolute Gasteiger partial charge is 0.306 e. The Hall–Kier alpha value is -1.56. The van der Waals surface area contributed by atoms with Crippen molar-refractivity contribution in [1.82, 2.24) is 0 Å². The Kier molecular flexibility index (Phi) is 4.19. The molecule has 0 aromatic heterocycles. The lowest BCUT2D eigenvalue weighted by Gasteiger charge is -2.18. The normalized spacial score (nSPS) is 14.9. The predicted molar refractivity (Wildman–Crippen MR) is 65.3 cm³/mol. The lowest BCUT2D eigenvalue weighted by atomic mass is 10.3. The molecule has 0 spiro atoms. The van der Waals surface area contributed by atoms with Crippen molar-refractivity contribution in [3.63, 3.8) is 0 Å². The number of methoxy groups -OCH3 is 1. The van der Waals surface area contributed by atoms with Crippen LogP contribution in [0.3, 0.4) is 0 Å². The number of carbonyl (C=O) groups excluding carboxylic acids is 1. The predicted octanol–water partition coefficient (Wildman–Crippen LogP) is 1.13. The molecule has 1 aliphatic heterocycles. The van der Waals surface area contributed by atoms with Crippen LogP contribution in [0.15, 0.2) is 23.1 Å². The molecule has 1 heterocycles. The molecule has 6 heteroatoms. The highest BCUT2D eigenvalue weighted by Gasteiger charge is 2.15. The highest BCUT2D eigenvalue weighted by molar-refractivity contribution is 7.85. The SMILES string of the molecule is COC(=O)CCS(=O)c1ccc2c(c1)OCCO2. The second-order valence-corrected chi connectivity index (χ2v) is 5.25. The first-order valence-corrected chi connectivity index (χ1v) is 6.87. The number of rotatable bonds is 4. The fourth-order valence-corrected chi connectivity index (χ4v) is 2.61. The van der Waals surface area contributed by atoms with Crippen molar-refractivity contribution >= 4 is 16.8 Å². The molecule has 0 aliphatic carbocycles. The molecule has 18 heavy (non-hydrogen) atoms. The van der Waals surface area contributed by atoms with Crippen molar-refractivity contribution in [1.29, 1.82) is 0 Å². The van der Waals surface area contributed by atoms with Crippen LogP contribution in [-0.4, -0.2) is 36.3 Å². The minimum atomic E-state index is -1.24. The number of fused-ring (bicyclic) bond motifs is 1. The third-order valence-corrected chi connectivity index (χ3v) is 3.85. The second-order valence-electron chi connectivity index (χ2n) is 3.68. The van der Waals surface area contributed by atoms with Crippen LogP contribution >= 0.6 is 0 Å². The molecular formula is C12H14O5S. The van der Waals surface area contributed by atoms with E-state index in [4.69, 9.17) is 9.47 Å². The average Bonchev–Trinajstić information content (AvgIpc) is 2.43. The minimum Gasteiger partial charge on any atom is -0.486 e. The van der Waals surface area contributed by atoms with E-state index in [0.29, 0.717) is 29.6 Å². The molecule has 0 bridgehead atoms. The zero-order valence-electron chi connectivity index (χ0n) is 10.0. The van der Waals surface area contributed by atoms with Gasteiger partial charge in [0.15, 0.2) is 11.5 Å². The van der Waals surface area contributed by atoms with E-state index in [1.807, 2.05) is 0 Å². The summed E-state index contributed by atoms with van der Waals surface area (Å²) in [7, 11) is 0.0748. The molecule has 2 rings (SSSR count). The van der Waals surface area contributed by atoms with E-state index in [0.717, 1.165) is 0 Å². The number of hydrogen-bond acceptors (Lipinski definition) is 5. The van der Waals surface area contributed by atoms with Gasteiger partial charge in [0.1, 0.15) is 13.2 Å². The summed E-state index contributed by atoms with van der Waals surface area (Å²) in [5.41, 5.74) is 0. The first-order chi connectivity index (χ1) is 8.70. The van der Waals surface area contributed by atoms with Gasteiger partial charge in [-0.3, -0.25) is 9.00 Å². The molecule has 0 amide bonds. The standard InChI is InChI=1S/C12H14O5S/c1-15-12(13)4-7-18(14)9-2-3-10-11(8-9)17-6-5-16-10/h2-3,8H,4-7H2,1H3. The van der Waals surface area contributed by atoms with Crippen LogP contribution in [0, 0.1) is 0 Å². The topological polar surface area (TPSA) is 61.8 Å². The lowest BCUT2D eigenvalue weighted by molar-refractivity contribution is -0.140. The molecule has 98 valence electrons. The molecule has 5 nitrogen and oxygen atoms in total. The Morgan fingerprint density at radius 2 is 2.06 bits per heavy atom. The molecule has 0 saturated heterocycles. The van der Waals surface area contributed by atoms with Crippen LogP contribution in [0.25, 0.3) is 0 Å². The number of esters is 1. The Balaban J connectivity index is 2.04. The summed E-state index contributed by atoms with van der Waals surface area (Å²) < 4.78 is 27.3. The van der Waals surface area contributed by atoms with Crippen molar-refractivity contribution in [3.8, 4) is 11.5 Å². The van der Waals surface area contributed by atoms with E-state index in [9.17, 15) is 9.00 Å². The molecule has 1 aromatic rings. The number of carbonyl (C=O) groups is 1. The number of benzene rings is 1. The van der Waals surface area contributed by atoms with Gasteiger partial charge in [-0.15, -0.1) is 0 Å². The lowest BCUT2D eigenvalue weighted by Crippen LogP contribution is -2.15. The van der Waals surface area contributed by atoms with E-state index in [1.54, 1.807) is 18.2 Å². The van der Waals surface area contributed by atoms with Crippen LogP contribution < -0.4 is 9.47 Å². The highest BCUT2D eigenvalue weighted by Crippen LogP contribution is 2.31. The first-order valence-electron chi connectivity index (χ1n) is 5.55. The summed E-state index contributed by atoms with van der Waals surface area (Å²) in [4.78, 5) is 11.6. The summed E-state index contributed by atoms with van der Waals surface area (Å²) in [5, 5.41) is 0. The van der Waals surface area contributed by atoms with Gasteiger partial charge < -0.3 is 14.2 Å². The molecule has 1 aliphatic rings. The van der Waals surface area contributed by atoms with Gasteiger partial charge in [0.25, 0.3) is 0 Å². The molecule has 1 unspecified atom stereocenters. The Morgan fingerprint density at radius 3 is 2.78 bits per heavy atom. The highest BCUT2D eigenvalue weighted by atomic mass is 32.2. The fraction of sp³-hybridized carbons (Fsp3) is 0.417. The van der Waals surface area contributed by atoms with Crippen molar-refractivity contribution < 1.29 is 23.2 Å². The van der Waals surface area contributed by atoms with Gasteiger partial charge in [0.05, 0.1) is 24.3 Å². The van der Waals surface area contributed by atoms with Crippen LogP contribution in [0.2, 0.25) is 0 Å². The van der Waals surface area contributed by atoms with Crippen LogP contribution in [-0.2, 0) is 20.3 Å². The van der Waals surface area contributed by atoms with E-state index in [2.05, 4.69) is 4.74 Å². The monoisotopic (exact) mass is 270 g/mol. The molecule has 0 radical (unpaired) electrons. The van der Waals surface area contributed by atoms with Crippen LogP contribution in [0.5, 0.6) is 11.5 Å². The molecule has 0 fully saturated rings. The number of hydrogen-bond donors (Lipinski definition) is 0. The van der Waals surface area contributed by atoms with Gasteiger partial charge in [-0.05, 0) is 12.1 Å². The van der Waals surface area contributed by atoms with Gasteiger partial charge in [-0.2, -0.15) is 0 Å². The first kappa shape index (κ1) is 12.9. The van der Waals surface area contributed by atoms with Gasteiger partial charge >= 0.3 is 5.97 Å². The maximum absolute atomic E-state index is 12.0. The maximum Gasteiger partial charge on any atom is 0.306 e. The minimum absolute atomic E-state index is 0.136. The van der Waals surface area contributed by atoms with E-state index in [1.165, 1.54) is 7.11 Å². The maximum atomic E-state index is 12.0. The summed E-state index contributed by atoms with van der Waals surface area (Å²) in [6.07, 6.45) is 0.136. The Labute approximate surface area is 107 Å². The summed E-state index contributed by atoms with van der Waals surface area (Å²) in [6.45, 7) is 1.02. The van der Waals surface area contributed by atoms with Gasteiger partial charge in [0.2, 0.25) is 0 Å². The van der Waals surface area contributed by atoms with Gasteiger partial charge in [0, 0.05) is 16.7 Å². The van der Waals surface area contributed by atoms with Crippen LogP contribution in [0.1, 0.15) is 6.42 Å². The molecular weight excluding hydrogens is 256 g/mol. The van der Waals surface area contributed by atoms with Gasteiger partial charge in [-0.1, -0.05) is 0 Å². The van der Waals surface area contributed by atoms with Gasteiger partial charge in [-0.25, -0.2) is 0 Å². The molecule has 1 aromatic carbocycles. The van der Waals surface area contributed by atoms with E-state index < -0.39 is 10.8 Å². The van der Waals surface area contributed by atoms with Crippen molar-refractivity contribution in [2.24, 2.45) is 0 Å². The Morgan fingerprint density at radius 1 is 1.33 bits per heavy atom. The van der Waals surface area contributed by atoms with E-state index >= 15 is 0 Å². The fourth-order valence-electron chi connectivity index (χ4n) is 1.56. The zero-order chi connectivity index (χ0) is 13.0. The van der Waals surface area contributed by atoms with Crippen molar-refractivity contribution in [2.75, 3.05) is 26.1 Å². The molecule has 0 N–H and O–H groups in total. The van der Waals surface area contributed by atoms with Crippen LogP contribution in [0.4, 0.5) is 0 Å². The summed E-state index contributed by atoms with van der Waals surface area (Å²) in [5.74, 6) is 1.15. The molecule has 1 atom stereocenters. The quantitative estimate of drug-likeness (QED) is 0.767. The van der Waals surface area contributed by atoms with Crippen molar-refractivity contribution in [2.45, 2.75) is 11.3 Å². The molecule has 0 saturated carbocycles. The summed E-state index contributed by atoms with van der Waals surface area (Å²) >= 11 is 0. The summed E-state index contributed by atoms with van der Waals surface area (Å²) in [6, 6.07) is 5.16. The average molecular weight is 270 g/mol. The van der Waals surface area contributed by atoms with Crippen molar-refractivity contribution in [3.05, 3.63) is 18.2 Å². The largest absolute Gasteiger partial charge is 0.486 e. The number of ether oxygens (including phenoxy) is 3.